The summed E-state index contributed by atoms with van der Waals surface area (Å²) in [6.07, 6.45) is 3.33. The van der Waals surface area contributed by atoms with Crippen molar-refractivity contribution in [1.29, 1.82) is 0 Å². The van der Waals surface area contributed by atoms with Crippen LogP contribution in [-0.4, -0.2) is 36.3 Å². The van der Waals surface area contributed by atoms with Crippen LogP contribution < -0.4 is 0 Å². The first-order chi connectivity index (χ1) is 20.4. The molecule has 3 aromatic carbocycles. The van der Waals surface area contributed by atoms with Gasteiger partial charge < -0.3 is 0 Å². The van der Waals surface area contributed by atoms with Crippen molar-refractivity contribution >= 4 is 28.5 Å². The minimum absolute atomic E-state index is 0.207. The summed E-state index contributed by atoms with van der Waals surface area (Å²) in [5.41, 5.74) is 7.47. The number of aryl methyl sites for hydroxylation is 1. The van der Waals surface area contributed by atoms with Crippen LogP contribution in [0.4, 0.5) is 0 Å². The number of hydrogen-bond acceptors (Lipinski definition) is 5. The van der Waals surface area contributed by atoms with E-state index >= 15 is 0 Å². The molecule has 0 atom stereocenters. The molecule has 7 heteroatoms. The Bertz CT molecular complexity index is 2020. The second-order valence-corrected chi connectivity index (χ2v) is 11.6. The maximum absolute atomic E-state index is 13.5. The molecule has 1 aliphatic heterocycles. The van der Waals surface area contributed by atoms with Crippen LogP contribution in [0.15, 0.2) is 97.2 Å². The number of benzene rings is 3. The zero-order chi connectivity index (χ0) is 28.6. The monoisotopic (exact) mass is 549 g/mol. The quantitative estimate of drug-likeness (QED) is 0.225. The van der Waals surface area contributed by atoms with Crippen molar-refractivity contribution in [3.8, 4) is 22.4 Å². The number of rotatable bonds is 4. The van der Waals surface area contributed by atoms with Crippen LogP contribution in [0.5, 0.6) is 0 Å². The average Bonchev–Trinajstić information content (AvgIpc) is 3.51. The fraction of sp³-hybridized carbons (Fsp3) is 0.171. The fourth-order valence-electron chi connectivity index (χ4n) is 6.87. The van der Waals surface area contributed by atoms with Gasteiger partial charge in [-0.25, -0.2) is 9.97 Å². The minimum Gasteiger partial charge on any atom is -0.269 e. The zero-order valence-corrected chi connectivity index (χ0v) is 23.3. The SMILES string of the molecule is Cc1cc2ncc3cc(-c4ccccc4)c(-c4ccc([C@]5(N6C(=O)c7ccccc7C6=O)C[C@H](C)C5)cc4)nc3n2n1. The summed E-state index contributed by atoms with van der Waals surface area (Å²) in [6, 6.07) is 29.6. The van der Waals surface area contributed by atoms with Crippen LogP contribution in [0, 0.1) is 12.8 Å². The summed E-state index contributed by atoms with van der Waals surface area (Å²) in [5.74, 6) is -0.00284. The van der Waals surface area contributed by atoms with Crippen molar-refractivity contribution in [3.63, 3.8) is 0 Å². The Hall–Kier alpha value is -5.17. The molecule has 0 spiro atoms. The van der Waals surface area contributed by atoms with E-state index in [4.69, 9.17) is 4.98 Å². The summed E-state index contributed by atoms with van der Waals surface area (Å²) >= 11 is 0. The Labute approximate surface area is 242 Å². The molecule has 6 aromatic rings. The predicted molar refractivity (Wildman–Crippen MR) is 161 cm³/mol. The van der Waals surface area contributed by atoms with Gasteiger partial charge in [0.1, 0.15) is 0 Å². The van der Waals surface area contributed by atoms with E-state index in [0.717, 1.165) is 63.2 Å². The lowest BCUT2D eigenvalue weighted by Crippen LogP contribution is -2.56. The molecule has 3 aromatic heterocycles. The number of aromatic nitrogens is 4. The van der Waals surface area contributed by atoms with Gasteiger partial charge in [0.05, 0.1) is 28.1 Å². The molecule has 7 nitrogen and oxygen atoms in total. The molecule has 4 heterocycles. The topological polar surface area (TPSA) is 80.5 Å². The third-order valence-corrected chi connectivity index (χ3v) is 8.75. The molecule has 0 radical (unpaired) electrons. The van der Waals surface area contributed by atoms with Gasteiger partial charge in [-0.3, -0.25) is 14.5 Å². The van der Waals surface area contributed by atoms with E-state index in [9.17, 15) is 9.59 Å². The first kappa shape index (κ1) is 24.6. The first-order valence-corrected chi connectivity index (χ1v) is 14.2. The van der Waals surface area contributed by atoms with E-state index in [-0.39, 0.29) is 11.8 Å². The fourth-order valence-corrected chi connectivity index (χ4v) is 6.87. The zero-order valence-electron chi connectivity index (χ0n) is 23.3. The smallest absolute Gasteiger partial charge is 0.262 e. The van der Waals surface area contributed by atoms with E-state index in [0.29, 0.717) is 17.0 Å². The molecular weight excluding hydrogens is 522 g/mol. The van der Waals surface area contributed by atoms with Gasteiger partial charge >= 0.3 is 0 Å². The molecular formula is C35H27N5O2. The molecule has 0 N–H and O–H groups in total. The summed E-state index contributed by atoms with van der Waals surface area (Å²) < 4.78 is 1.80. The largest absolute Gasteiger partial charge is 0.269 e. The number of nitrogens with zero attached hydrogens (tertiary/aromatic N) is 5. The highest BCUT2D eigenvalue weighted by Gasteiger charge is 2.55. The molecule has 42 heavy (non-hydrogen) atoms. The number of carbonyl (C=O) groups is 2. The highest BCUT2D eigenvalue weighted by molar-refractivity contribution is 6.22. The molecule has 0 unspecified atom stereocenters. The summed E-state index contributed by atoms with van der Waals surface area (Å²) in [7, 11) is 0. The maximum Gasteiger partial charge on any atom is 0.262 e. The van der Waals surface area contributed by atoms with Gasteiger partial charge in [0.15, 0.2) is 11.3 Å². The van der Waals surface area contributed by atoms with Crippen LogP contribution in [0.1, 0.15) is 51.7 Å². The number of pyridine rings is 1. The van der Waals surface area contributed by atoms with Gasteiger partial charge in [0.25, 0.3) is 11.8 Å². The van der Waals surface area contributed by atoms with E-state index in [2.05, 4.69) is 59.5 Å². The van der Waals surface area contributed by atoms with Gasteiger partial charge in [0.2, 0.25) is 0 Å². The lowest BCUT2D eigenvalue weighted by molar-refractivity contribution is -0.00198. The second-order valence-electron chi connectivity index (χ2n) is 11.6. The van der Waals surface area contributed by atoms with Gasteiger partial charge in [0, 0.05) is 28.8 Å². The highest BCUT2D eigenvalue weighted by Crippen LogP contribution is 2.52. The van der Waals surface area contributed by atoms with Gasteiger partial charge in [-0.2, -0.15) is 9.61 Å². The van der Waals surface area contributed by atoms with Gasteiger partial charge in [-0.15, -0.1) is 0 Å². The molecule has 204 valence electrons. The molecule has 0 saturated heterocycles. The summed E-state index contributed by atoms with van der Waals surface area (Å²) in [6.45, 7) is 4.12. The third kappa shape index (κ3) is 3.49. The van der Waals surface area contributed by atoms with Crippen molar-refractivity contribution < 1.29 is 9.59 Å². The van der Waals surface area contributed by atoms with Crippen LogP contribution in [0.3, 0.4) is 0 Å². The lowest BCUT2D eigenvalue weighted by atomic mass is 9.64. The molecule has 1 aliphatic carbocycles. The summed E-state index contributed by atoms with van der Waals surface area (Å²) in [4.78, 5) is 38.3. The molecule has 2 amide bonds. The molecule has 2 aliphatic rings. The Kier molecular flexibility index (Phi) is 5.22. The molecule has 1 fully saturated rings. The second kappa shape index (κ2) is 8.91. The Morgan fingerprint density at radius 1 is 0.786 bits per heavy atom. The third-order valence-electron chi connectivity index (χ3n) is 8.75. The average molecular weight is 550 g/mol. The van der Waals surface area contributed by atoms with Crippen molar-refractivity contribution in [2.45, 2.75) is 32.2 Å². The van der Waals surface area contributed by atoms with Crippen molar-refractivity contribution in [2.24, 2.45) is 5.92 Å². The molecule has 1 saturated carbocycles. The van der Waals surface area contributed by atoms with E-state index in [1.165, 1.54) is 4.90 Å². The normalized spacial score (nSPS) is 19.9. The van der Waals surface area contributed by atoms with Gasteiger partial charge in [-0.1, -0.05) is 73.7 Å². The molecule has 0 bridgehead atoms. The maximum atomic E-state index is 13.5. The Morgan fingerprint density at radius 3 is 2.12 bits per heavy atom. The number of amides is 2. The van der Waals surface area contributed by atoms with E-state index < -0.39 is 5.54 Å². The van der Waals surface area contributed by atoms with Crippen LogP contribution in [0.2, 0.25) is 0 Å². The standard InChI is InChI=1S/C35H27N5O2/c1-21-18-35(19-21,39-33(41)27-10-6-7-11-28(27)34(39)42)26-14-12-24(13-15-26)31-29(23-8-4-3-5-9-23)17-25-20-36-30-16-22(2)38-40(30)32(25)37-31/h3-17,20-21H,18-19H2,1-2H3/t21-,35-. The number of imide groups is 1. The van der Waals surface area contributed by atoms with Crippen molar-refractivity contribution in [2.75, 3.05) is 0 Å². The van der Waals surface area contributed by atoms with Crippen LogP contribution in [0.25, 0.3) is 39.1 Å². The van der Waals surface area contributed by atoms with Crippen LogP contribution in [-0.2, 0) is 5.54 Å². The lowest BCUT2D eigenvalue weighted by Gasteiger charge is -2.51. The molecule has 8 rings (SSSR count). The van der Waals surface area contributed by atoms with Crippen molar-refractivity contribution in [1.82, 2.24) is 24.5 Å². The Balaban J connectivity index is 1.26. The summed E-state index contributed by atoms with van der Waals surface area (Å²) in [5, 5.41) is 5.55. The van der Waals surface area contributed by atoms with Gasteiger partial charge in [-0.05, 0) is 55.0 Å². The number of carbonyl (C=O) groups excluding carboxylic acids is 2. The minimum atomic E-state index is -0.658. The van der Waals surface area contributed by atoms with E-state index in [1.54, 1.807) is 16.6 Å². The van der Waals surface area contributed by atoms with Crippen molar-refractivity contribution in [3.05, 3.63) is 120 Å². The first-order valence-electron chi connectivity index (χ1n) is 14.2. The number of fused-ring (bicyclic) bond motifs is 4. The van der Waals surface area contributed by atoms with Crippen LogP contribution >= 0.6 is 0 Å². The predicted octanol–water partition coefficient (Wildman–Crippen LogP) is 6.84. The van der Waals surface area contributed by atoms with E-state index in [1.807, 2.05) is 49.5 Å². The highest BCUT2D eigenvalue weighted by atomic mass is 16.2. The number of hydrogen-bond donors (Lipinski definition) is 0. The Morgan fingerprint density at radius 2 is 1.45 bits per heavy atom.